The lowest BCUT2D eigenvalue weighted by atomic mass is 9.54. The second-order valence-electron chi connectivity index (χ2n) is 20.8. The Morgan fingerprint density at radius 2 is 1.80 bits per heavy atom. The minimum atomic E-state index is -1.14. The molecule has 3 heterocycles. The van der Waals surface area contributed by atoms with Crippen molar-refractivity contribution >= 4 is 28.9 Å². The molecule has 7 unspecified atom stereocenters. The molecule has 1 saturated carbocycles. The van der Waals surface area contributed by atoms with E-state index in [1.54, 1.807) is 16.7 Å². The monoisotopic (exact) mass is 831 g/mol. The maximum Gasteiger partial charge on any atom is 0.416 e. The fraction of sp³-hybridized carbons (Fsp3) is 0.569. The Balaban J connectivity index is 1.50. The normalized spacial score (nSPS) is 26.4. The minimum Gasteiger partial charge on any atom is -0.474 e. The number of carbonyl (C=O) groups excluding carboxylic acids is 2. The van der Waals surface area contributed by atoms with Crippen LogP contribution >= 0.6 is 0 Å². The minimum absolute atomic E-state index is 0.0513. The molecule has 1 saturated heterocycles. The molecule has 1 spiro atoms. The molecule has 10 nitrogen and oxygen atoms in total. The largest absolute Gasteiger partial charge is 0.474 e. The quantitative estimate of drug-likeness (QED) is 0.101. The zero-order chi connectivity index (χ0) is 44.8. The van der Waals surface area contributed by atoms with Crippen molar-refractivity contribution in [2.75, 3.05) is 13.1 Å². The van der Waals surface area contributed by atoms with Crippen molar-refractivity contribution in [3.8, 4) is 11.6 Å². The van der Waals surface area contributed by atoms with E-state index >= 15 is 0 Å². The molecule has 6 rings (SSSR count). The number of fused-ring (bicyclic) bond motifs is 1. The molecule has 7 atom stereocenters. The topological polar surface area (TPSA) is 105 Å². The number of allylic oxidation sites excluding steroid dienone is 2. The Hall–Kier alpha value is -5.04. The molecule has 0 radical (unpaired) electrons. The summed E-state index contributed by atoms with van der Waals surface area (Å²) in [7, 11) is 0. The molecular weight excluding hydrogens is 761 g/mol. The number of carbonyl (C=O) groups is 2. The van der Waals surface area contributed by atoms with Crippen LogP contribution in [0.1, 0.15) is 117 Å². The number of nitrogens with one attached hydrogen (secondary N) is 2. The van der Waals surface area contributed by atoms with Crippen molar-refractivity contribution < 1.29 is 19.1 Å². The summed E-state index contributed by atoms with van der Waals surface area (Å²) in [5.74, 6) is 3.38. The number of nitrogens with zero attached hydrogens (tertiary/aromatic N) is 4. The number of hydrogen-bond donors (Lipinski definition) is 2. The Morgan fingerprint density at radius 1 is 1.11 bits per heavy atom. The van der Waals surface area contributed by atoms with Gasteiger partial charge >= 0.3 is 6.09 Å². The summed E-state index contributed by atoms with van der Waals surface area (Å²) in [6, 6.07) is 6.06. The van der Waals surface area contributed by atoms with Crippen LogP contribution < -0.4 is 14.8 Å². The third kappa shape index (κ3) is 8.34. The molecule has 2 aromatic heterocycles. The van der Waals surface area contributed by atoms with Gasteiger partial charge in [0.15, 0.2) is 5.82 Å². The standard InChI is InChI=1S/C51H70N6O4/c1-16-23-56(24-17-2)47(59)60-45-42(52-15)38(30-37-36(25-31(4)5)27-33(7)28-39(37)48(9,10)11)44-53-43(55-57(44)45)35-21-22-50(41(29-35)49(12,13)14)51(18-3,46(58)54-50)61-40-20-19-32(6)26-34(40)8/h16-17,19-22,26,29,31,33,36-37,39,41H,1-2,18,23-25,27-28,30H2,3-14H3,(H,53,55)(H,54,58). The number of amides is 2. The summed E-state index contributed by atoms with van der Waals surface area (Å²) in [6.45, 7) is 43.4. The van der Waals surface area contributed by atoms with Gasteiger partial charge in [-0.3, -0.25) is 9.89 Å². The highest BCUT2D eigenvalue weighted by Crippen LogP contribution is 2.55. The SMILES string of the molecule is [C-]#[N+]c1c(CC2C(CC(C)C)CC(C)CC2C(C)(C)C)c2nc(C3=CC(C(C)(C)C)C4(C=C3)NC(=O)C4(CC)Oc3ccc(C)cc3C)[nH]n2c1OC(=O)N(CC=C)CC=C. The van der Waals surface area contributed by atoms with Gasteiger partial charge in [-0.15, -0.1) is 13.2 Å². The predicted molar refractivity (Wildman–Crippen MR) is 246 cm³/mol. The third-order valence-corrected chi connectivity index (χ3v) is 13.7. The Kier molecular flexibility index (Phi) is 12.7. The number of benzene rings is 1. The van der Waals surface area contributed by atoms with Crippen LogP contribution in [-0.2, 0) is 11.2 Å². The third-order valence-electron chi connectivity index (χ3n) is 13.7. The van der Waals surface area contributed by atoms with Gasteiger partial charge in [-0.05, 0) is 98.0 Å². The van der Waals surface area contributed by atoms with Crippen molar-refractivity contribution in [1.29, 1.82) is 0 Å². The Morgan fingerprint density at radius 3 is 2.36 bits per heavy atom. The number of hydrogen-bond acceptors (Lipinski definition) is 5. The van der Waals surface area contributed by atoms with Gasteiger partial charge in [0, 0.05) is 30.1 Å². The fourth-order valence-electron chi connectivity index (χ4n) is 10.9. The first-order valence-corrected chi connectivity index (χ1v) is 22.3. The van der Waals surface area contributed by atoms with Crippen LogP contribution in [0, 0.1) is 66.8 Å². The van der Waals surface area contributed by atoms with E-state index in [1.807, 2.05) is 39.0 Å². The summed E-state index contributed by atoms with van der Waals surface area (Å²) in [4.78, 5) is 38.6. The Labute approximate surface area is 364 Å². The van der Waals surface area contributed by atoms with Gasteiger partial charge in [0.25, 0.3) is 11.6 Å². The number of ether oxygens (including phenoxy) is 2. The lowest BCUT2D eigenvalue weighted by molar-refractivity contribution is -0.173. The summed E-state index contributed by atoms with van der Waals surface area (Å²) < 4.78 is 14.8. The zero-order valence-electron chi connectivity index (χ0n) is 38.9. The molecule has 1 aliphatic heterocycles. The van der Waals surface area contributed by atoms with Gasteiger partial charge < -0.3 is 19.7 Å². The second kappa shape index (κ2) is 17.0. The number of rotatable bonds is 13. The van der Waals surface area contributed by atoms with Crippen LogP contribution in [0.25, 0.3) is 16.1 Å². The number of aryl methyl sites for hydroxylation is 2. The molecule has 0 bridgehead atoms. The lowest BCUT2D eigenvalue weighted by Crippen LogP contribution is -2.86. The molecule has 61 heavy (non-hydrogen) atoms. The van der Waals surface area contributed by atoms with Crippen LogP contribution in [-0.4, -0.2) is 55.7 Å². The van der Waals surface area contributed by atoms with Crippen molar-refractivity contribution in [3.63, 3.8) is 0 Å². The average Bonchev–Trinajstić information content (AvgIpc) is 3.72. The molecule has 2 amide bonds. The van der Waals surface area contributed by atoms with E-state index in [1.165, 1.54) is 4.90 Å². The molecule has 2 aliphatic carbocycles. The van der Waals surface area contributed by atoms with Gasteiger partial charge in [-0.1, -0.05) is 117 Å². The van der Waals surface area contributed by atoms with Gasteiger partial charge in [0.2, 0.25) is 11.5 Å². The molecule has 2 N–H and O–H groups in total. The van der Waals surface area contributed by atoms with Crippen LogP contribution in [0.2, 0.25) is 0 Å². The Bertz CT molecular complexity index is 2260. The number of aromatic amines is 1. The molecule has 3 aromatic rings. The molecule has 3 aliphatic rings. The maximum absolute atomic E-state index is 13.9. The number of H-pyrrole nitrogens is 1. The summed E-state index contributed by atoms with van der Waals surface area (Å²) >= 11 is 0. The number of β-lactam (4-membered cyclic amide) rings is 1. The van der Waals surface area contributed by atoms with Crippen molar-refractivity contribution in [1.82, 2.24) is 24.8 Å². The van der Waals surface area contributed by atoms with Crippen LogP contribution in [0.4, 0.5) is 10.5 Å². The predicted octanol–water partition coefficient (Wildman–Crippen LogP) is 11.6. The first kappa shape index (κ1) is 45.5. The molecular formula is C51H70N6O4. The van der Waals surface area contributed by atoms with E-state index < -0.39 is 17.2 Å². The molecule has 10 heteroatoms. The van der Waals surface area contributed by atoms with E-state index in [0.29, 0.717) is 65.3 Å². The van der Waals surface area contributed by atoms with E-state index in [2.05, 4.69) is 109 Å². The number of aromatic nitrogens is 3. The lowest BCUT2D eigenvalue weighted by Gasteiger charge is -2.62. The highest BCUT2D eigenvalue weighted by Gasteiger charge is 2.71. The first-order valence-electron chi connectivity index (χ1n) is 22.3. The smallest absolute Gasteiger partial charge is 0.416 e. The van der Waals surface area contributed by atoms with Crippen molar-refractivity contribution in [3.05, 3.63) is 95.7 Å². The van der Waals surface area contributed by atoms with Crippen LogP contribution in [0.3, 0.4) is 0 Å². The molecule has 328 valence electrons. The summed E-state index contributed by atoms with van der Waals surface area (Å²) in [6.07, 6.45) is 13.5. The highest BCUT2D eigenvalue weighted by molar-refractivity contribution is 5.98. The second-order valence-corrected chi connectivity index (χ2v) is 20.8. The van der Waals surface area contributed by atoms with Crippen LogP contribution in [0.5, 0.6) is 11.6 Å². The van der Waals surface area contributed by atoms with Crippen LogP contribution in [0.15, 0.2) is 61.7 Å². The average molecular weight is 831 g/mol. The first-order chi connectivity index (χ1) is 28.6. The van der Waals surface area contributed by atoms with Crippen molar-refractivity contribution in [2.24, 2.45) is 46.3 Å². The molecule has 1 aromatic carbocycles. The van der Waals surface area contributed by atoms with E-state index in [-0.39, 0.29) is 41.6 Å². The van der Waals surface area contributed by atoms with Gasteiger partial charge in [0.1, 0.15) is 16.9 Å². The zero-order valence-corrected chi connectivity index (χ0v) is 38.9. The summed E-state index contributed by atoms with van der Waals surface area (Å²) in [5, 5.41) is 6.82. The van der Waals surface area contributed by atoms with E-state index in [0.717, 1.165) is 41.5 Å². The van der Waals surface area contributed by atoms with Gasteiger partial charge in [-0.2, -0.15) is 0 Å². The fourth-order valence-corrected chi connectivity index (χ4v) is 10.9. The van der Waals surface area contributed by atoms with Gasteiger partial charge in [0.05, 0.1) is 6.57 Å². The van der Waals surface area contributed by atoms with Crippen molar-refractivity contribution in [2.45, 2.75) is 126 Å². The highest BCUT2D eigenvalue weighted by atomic mass is 16.6. The molecule has 2 fully saturated rings. The maximum atomic E-state index is 13.9. The van der Waals surface area contributed by atoms with E-state index in [9.17, 15) is 9.59 Å². The van der Waals surface area contributed by atoms with Gasteiger partial charge in [-0.25, -0.2) is 19.1 Å². The summed E-state index contributed by atoms with van der Waals surface area (Å²) in [5.41, 5.74) is 2.37. The van der Waals surface area contributed by atoms with E-state index in [4.69, 9.17) is 21.0 Å².